The smallest absolute Gasteiger partial charge is 0.174 e. The Kier molecular flexibility index (Phi) is 5.25. The van der Waals surface area contributed by atoms with Crippen molar-refractivity contribution in [1.29, 1.82) is 0 Å². The minimum Gasteiger partial charge on any atom is -0.366 e. The minimum absolute atomic E-state index is 0.0614. The lowest BCUT2D eigenvalue weighted by atomic mass is 10.1. The molecule has 0 aliphatic rings. The van der Waals surface area contributed by atoms with E-state index < -0.39 is 6.29 Å². The van der Waals surface area contributed by atoms with Crippen molar-refractivity contribution in [3.63, 3.8) is 0 Å². The van der Waals surface area contributed by atoms with Crippen molar-refractivity contribution in [2.75, 3.05) is 6.54 Å². The molecule has 0 fully saturated rings. The van der Waals surface area contributed by atoms with Gasteiger partial charge in [-0.1, -0.05) is 42.5 Å². The molecular formula is C16H20N2O3. The minimum atomic E-state index is -1.05. The maximum Gasteiger partial charge on any atom is 0.174 e. The zero-order valence-corrected chi connectivity index (χ0v) is 12.3. The van der Waals surface area contributed by atoms with Gasteiger partial charge in [0, 0.05) is 6.04 Å². The highest BCUT2D eigenvalue weighted by Gasteiger charge is 2.14. The molecule has 1 N–H and O–H groups in total. The van der Waals surface area contributed by atoms with E-state index in [-0.39, 0.29) is 19.2 Å². The summed E-state index contributed by atoms with van der Waals surface area (Å²) in [6.45, 7) is 4.01. The van der Waals surface area contributed by atoms with Crippen LogP contribution in [0.4, 0.5) is 0 Å². The SMILES string of the molecule is CC(C)N(CC(O)OCc1cccc2ccccc12)N=O. The Balaban J connectivity index is 2.00. The third-order valence-electron chi connectivity index (χ3n) is 3.36. The summed E-state index contributed by atoms with van der Waals surface area (Å²) in [5.74, 6) is 0. The van der Waals surface area contributed by atoms with E-state index in [1.165, 1.54) is 5.01 Å². The molecule has 0 saturated heterocycles. The van der Waals surface area contributed by atoms with Crippen molar-refractivity contribution in [1.82, 2.24) is 5.01 Å². The van der Waals surface area contributed by atoms with Crippen molar-refractivity contribution >= 4 is 10.8 Å². The standard InChI is InChI=1S/C16H20N2O3/c1-12(2)18(17-20)10-16(19)21-11-14-8-5-7-13-6-3-4-9-15(13)14/h3-9,12,16,19H,10-11H2,1-2H3. The second-order valence-electron chi connectivity index (χ2n) is 5.20. The molecule has 2 aromatic carbocycles. The van der Waals surface area contributed by atoms with E-state index in [2.05, 4.69) is 5.29 Å². The van der Waals surface area contributed by atoms with Gasteiger partial charge < -0.3 is 9.84 Å². The first-order chi connectivity index (χ1) is 10.1. The molecule has 0 heterocycles. The highest BCUT2D eigenvalue weighted by atomic mass is 16.6. The van der Waals surface area contributed by atoms with Gasteiger partial charge in [-0.2, -0.15) is 0 Å². The number of aliphatic hydroxyl groups is 1. The van der Waals surface area contributed by atoms with E-state index in [0.29, 0.717) is 0 Å². The lowest BCUT2D eigenvalue weighted by molar-refractivity contribution is -0.124. The number of nitroso groups, excluding NO2 is 1. The molecule has 0 radical (unpaired) electrons. The van der Waals surface area contributed by atoms with E-state index in [9.17, 15) is 10.0 Å². The summed E-state index contributed by atoms with van der Waals surface area (Å²) in [7, 11) is 0. The number of benzene rings is 2. The third kappa shape index (κ3) is 4.00. The normalized spacial score (nSPS) is 12.6. The molecule has 2 rings (SSSR count). The van der Waals surface area contributed by atoms with Crippen LogP contribution in [-0.2, 0) is 11.3 Å². The van der Waals surface area contributed by atoms with Crippen LogP contribution in [0.3, 0.4) is 0 Å². The molecule has 112 valence electrons. The lowest BCUT2D eigenvalue weighted by Gasteiger charge is -2.22. The quantitative estimate of drug-likeness (QED) is 0.483. The largest absolute Gasteiger partial charge is 0.366 e. The van der Waals surface area contributed by atoms with E-state index in [0.717, 1.165) is 16.3 Å². The molecule has 1 atom stereocenters. The van der Waals surface area contributed by atoms with Crippen LogP contribution in [0, 0.1) is 4.91 Å². The van der Waals surface area contributed by atoms with Crippen molar-refractivity contribution in [2.24, 2.45) is 5.29 Å². The highest BCUT2D eigenvalue weighted by Crippen LogP contribution is 2.19. The summed E-state index contributed by atoms with van der Waals surface area (Å²) < 4.78 is 5.43. The van der Waals surface area contributed by atoms with Crippen LogP contribution in [0.1, 0.15) is 19.4 Å². The Morgan fingerprint density at radius 2 is 1.90 bits per heavy atom. The van der Waals surface area contributed by atoms with Gasteiger partial charge in [-0.3, -0.25) is 5.01 Å². The fourth-order valence-electron chi connectivity index (χ4n) is 2.16. The Hall–Kier alpha value is -1.98. The molecule has 1 unspecified atom stereocenters. The van der Waals surface area contributed by atoms with Crippen molar-refractivity contribution in [2.45, 2.75) is 32.8 Å². The van der Waals surface area contributed by atoms with Crippen LogP contribution in [0.5, 0.6) is 0 Å². The molecular weight excluding hydrogens is 268 g/mol. The number of ether oxygens (including phenoxy) is 1. The topological polar surface area (TPSA) is 62.1 Å². The van der Waals surface area contributed by atoms with E-state index in [4.69, 9.17) is 4.74 Å². The molecule has 0 saturated carbocycles. The van der Waals surface area contributed by atoms with E-state index in [1.807, 2.05) is 56.3 Å². The number of rotatable bonds is 7. The number of hydrogen-bond acceptors (Lipinski definition) is 4. The molecule has 5 heteroatoms. The van der Waals surface area contributed by atoms with Gasteiger partial charge in [0.25, 0.3) is 0 Å². The summed E-state index contributed by atoms with van der Waals surface area (Å²) in [6, 6.07) is 13.9. The zero-order valence-electron chi connectivity index (χ0n) is 12.3. The molecule has 5 nitrogen and oxygen atoms in total. The van der Waals surface area contributed by atoms with E-state index >= 15 is 0 Å². The van der Waals surface area contributed by atoms with Crippen LogP contribution >= 0.6 is 0 Å². The average Bonchev–Trinajstić information content (AvgIpc) is 2.50. The van der Waals surface area contributed by atoms with Gasteiger partial charge in [-0.05, 0) is 30.2 Å². The van der Waals surface area contributed by atoms with Gasteiger partial charge >= 0.3 is 0 Å². The molecule has 0 amide bonds. The van der Waals surface area contributed by atoms with E-state index in [1.54, 1.807) is 0 Å². The van der Waals surface area contributed by atoms with Crippen molar-refractivity contribution < 1.29 is 9.84 Å². The van der Waals surface area contributed by atoms with Crippen LogP contribution < -0.4 is 0 Å². The average molecular weight is 288 g/mol. The summed E-state index contributed by atoms with van der Waals surface area (Å²) in [5, 5.41) is 16.2. The number of nitrogens with zero attached hydrogens (tertiary/aromatic N) is 2. The maximum absolute atomic E-state index is 10.6. The summed E-state index contributed by atoms with van der Waals surface area (Å²) in [6.07, 6.45) is -1.05. The molecule has 0 aliphatic heterocycles. The Labute approximate surface area is 124 Å². The highest BCUT2D eigenvalue weighted by molar-refractivity contribution is 5.85. The molecule has 2 aromatic rings. The second-order valence-corrected chi connectivity index (χ2v) is 5.20. The maximum atomic E-state index is 10.6. The first-order valence-corrected chi connectivity index (χ1v) is 6.98. The van der Waals surface area contributed by atoms with Crippen molar-refractivity contribution in [3.05, 3.63) is 52.9 Å². The second kappa shape index (κ2) is 7.15. The predicted molar refractivity (Wildman–Crippen MR) is 82.4 cm³/mol. The number of hydrogen-bond donors (Lipinski definition) is 1. The van der Waals surface area contributed by atoms with Crippen LogP contribution in [0.25, 0.3) is 10.8 Å². The predicted octanol–water partition coefficient (Wildman–Crippen LogP) is 3.07. The van der Waals surface area contributed by atoms with Crippen LogP contribution in [0.15, 0.2) is 47.8 Å². The lowest BCUT2D eigenvalue weighted by Crippen LogP contribution is -2.34. The van der Waals surface area contributed by atoms with Gasteiger partial charge in [0.05, 0.1) is 18.4 Å². The number of aliphatic hydroxyl groups excluding tert-OH is 1. The molecule has 0 aliphatic carbocycles. The Bertz CT molecular complexity index is 596. The van der Waals surface area contributed by atoms with Gasteiger partial charge in [0.1, 0.15) is 0 Å². The van der Waals surface area contributed by atoms with Gasteiger partial charge in [-0.15, -0.1) is 4.91 Å². The van der Waals surface area contributed by atoms with Gasteiger partial charge in [0.2, 0.25) is 0 Å². The first kappa shape index (κ1) is 15.4. The molecule has 21 heavy (non-hydrogen) atoms. The molecule has 0 bridgehead atoms. The zero-order chi connectivity index (χ0) is 15.2. The van der Waals surface area contributed by atoms with Crippen LogP contribution in [-0.4, -0.2) is 29.0 Å². The van der Waals surface area contributed by atoms with Gasteiger partial charge in [0.15, 0.2) is 6.29 Å². The van der Waals surface area contributed by atoms with Crippen molar-refractivity contribution in [3.8, 4) is 0 Å². The Morgan fingerprint density at radius 3 is 2.62 bits per heavy atom. The summed E-state index contributed by atoms with van der Waals surface area (Å²) in [4.78, 5) is 10.6. The fourth-order valence-corrected chi connectivity index (χ4v) is 2.16. The van der Waals surface area contributed by atoms with Crippen LogP contribution in [0.2, 0.25) is 0 Å². The number of fused-ring (bicyclic) bond motifs is 1. The molecule has 0 aromatic heterocycles. The Morgan fingerprint density at radius 1 is 1.19 bits per heavy atom. The summed E-state index contributed by atoms with van der Waals surface area (Å²) in [5.41, 5.74) is 1.00. The van der Waals surface area contributed by atoms with Gasteiger partial charge in [-0.25, -0.2) is 0 Å². The third-order valence-corrected chi connectivity index (χ3v) is 3.36. The fraction of sp³-hybridized carbons (Fsp3) is 0.375. The first-order valence-electron chi connectivity index (χ1n) is 6.98. The summed E-state index contributed by atoms with van der Waals surface area (Å²) >= 11 is 0. The molecule has 0 spiro atoms. The monoisotopic (exact) mass is 288 g/mol.